The second kappa shape index (κ2) is 10.6. The molecule has 7 nitrogen and oxygen atoms in total. The van der Waals surface area contributed by atoms with Gasteiger partial charge < -0.3 is 15.4 Å². The minimum absolute atomic E-state index is 0. The van der Waals surface area contributed by atoms with Crippen molar-refractivity contribution in [2.45, 2.75) is 51.3 Å². The summed E-state index contributed by atoms with van der Waals surface area (Å²) >= 11 is 6.15. The Bertz CT molecular complexity index is 838. The lowest BCUT2D eigenvalue weighted by Crippen LogP contribution is -2.49. The number of benzene rings is 1. The van der Waals surface area contributed by atoms with Gasteiger partial charge in [-0.25, -0.2) is 9.67 Å². The van der Waals surface area contributed by atoms with Crippen LogP contribution in [-0.4, -0.2) is 47.5 Å². The molecule has 0 saturated carbocycles. The van der Waals surface area contributed by atoms with Crippen molar-refractivity contribution in [3.63, 3.8) is 0 Å². The molecule has 2 aromatic rings. The first-order valence-electron chi connectivity index (χ1n) is 9.56. The highest BCUT2D eigenvalue weighted by Crippen LogP contribution is 2.24. The first-order valence-corrected chi connectivity index (χ1v) is 9.94. The van der Waals surface area contributed by atoms with Crippen LogP contribution in [0.25, 0.3) is 0 Å². The number of ether oxygens (including phenoxy) is 1. The summed E-state index contributed by atoms with van der Waals surface area (Å²) in [5.41, 5.74) is 1.11. The number of rotatable bonds is 6. The number of aliphatic imine (C=N–C) groups is 1. The number of halogens is 2. The summed E-state index contributed by atoms with van der Waals surface area (Å²) in [7, 11) is 3.45. The van der Waals surface area contributed by atoms with Crippen LogP contribution in [0.15, 0.2) is 29.3 Å². The lowest BCUT2D eigenvalue weighted by molar-refractivity contribution is 0.177. The molecule has 0 amide bonds. The summed E-state index contributed by atoms with van der Waals surface area (Å²) in [4.78, 5) is 8.92. The van der Waals surface area contributed by atoms with Crippen molar-refractivity contribution in [3.05, 3.63) is 46.5 Å². The lowest BCUT2D eigenvalue weighted by atomic mass is 9.84. The molecule has 1 unspecified atom stereocenters. The van der Waals surface area contributed by atoms with E-state index in [1.54, 1.807) is 14.2 Å². The molecule has 160 valence electrons. The van der Waals surface area contributed by atoms with Gasteiger partial charge in [0.15, 0.2) is 11.8 Å². The van der Waals surface area contributed by atoms with Crippen molar-refractivity contribution >= 4 is 41.5 Å². The fourth-order valence-electron chi connectivity index (χ4n) is 3.37. The van der Waals surface area contributed by atoms with Gasteiger partial charge in [-0.15, -0.1) is 24.0 Å². The van der Waals surface area contributed by atoms with Crippen LogP contribution >= 0.6 is 35.6 Å². The van der Waals surface area contributed by atoms with Crippen LogP contribution in [-0.2, 0) is 29.7 Å². The Kier molecular flexibility index (Phi) is 8.72. The maximum atomic E-state index is 6.15. The minimum Gasteiger partial charge on any atom is -0.377 e. The average Bonchev–Trinajstić information content (AvgIpc) is 3.07. The van der Waals surface area contributed by atoms with E-state index in [1.165, 1.54) is 5.56 Å². The summed E-state index contributed by atoms with van der Waals surface area (Å²) < 4.78 is 7.10. The van der Waals surface area contributed by atoms with Crippen molar-refractivity contribution in [2.75, 3.05) is 20.7 Å². The number of aromatic nitrogens is 3. The van der Waals surface area contributed by atoms with E-state index in [4.69, 9.17) is 16.3 Å². The monoisotopic (exact) mass is 532 g/mol. The highest BCUT2D eigenvalue weighted by atomic mass is 127. The van der Waals surface area contributed by atoms with Gasteiger partial charge in [0.05, 0.1) is 6.54 Å². The van der Waals surface area contributed by atoms with Crippen molar-refractivity contribution < 1.29 is 4.74 Å². The summed E-state index contributed by atoms with van der Waals surface area (Å²) in [5, 5.41) is 12.3. The Labute approximate surface area is 194 Å². The van der Waals surface area contributed by atoms with Crippen LogP contribution in [0.4, 0.5) is 0 Å². The number of methoxy groups -OCH3 is 1. The quantitative estimate of drug-likeness (QED) is 0.340. The Morgan fingerprint density at radius 1 is 1.41 bits per heavy atom. The van der Waals surface area contributed by atoms with E-state index < -0.39 is 0 Å². The van der Waals surface area contributed by atoms with Gasteiger partial charge in [-0.2, -0.15) is 5.10 Å². The molecule has 1 aromatic heterocycles. The molecular weight excluding hydrogens is 503 g/mol. The van der Waals surface area contributed by atoms with Gasteiger partial charge in [-0.3, -0.25) is 4.99 Å². The van der Waals surface area contributed by atoms with E-state index in [0.29, 0.717) is 6.61 Å². The fourth-order valence-corrected chi connectivity index (χ4v) is 3.56. The zero-order valence-electron chi connectivity index (χ0n) is 17.4. The smallest absolute Gasteiger partial charge is 0.191 e. The first kappa shape index (κ1) is 23.9. The van der Waals surface area contributed by atoms with E-state index in [-0.39, 0.29) is 35.4 Å². The van der Waals surface area contributed by atoms with Crippen LogP contribution in [0.2, 0.25) is 5.02 Å². The molecule has 1 atom stereocenters. The summed E-state index contributed by atoms with van der Waals surface area (Å²) in [6.45, 7) is 6.34. The number of hydrogen-bond acceptors (Lipinski definition) is 4. The SMILES string of the molecule is CN=C(NCC(C)(C)c1cccc(Cl)c1)NC1CCc2nc(COC)nn2C1.I. The van der Waals surface area contributed by atoms with Crippen molar-refractivity contribution in [1.82, 2.24) is 25.4 Å². The van der Waals surface area contributed by atoms with Gasteiger partial charge in [0.25, 0.3) is 0 Å². The number of nitrogens with one attached hydrogen (secondary N) is 2. The molecule has 0 radical (unpaired) electrons. The molecule has 0 spiro atoms. The Balaban J connectivity index is 0.00000300. The third-order valence-electron chi connectivity index (χ3n) is 5.04. The Morgan fingerprint density at radius 3 is 2.90 bits per heavy atom. The number of aryl methyl sites for hydroxylation is 1. The highest BCUT2D eigenvalue weighted by molar-refractivity contribution is 14.0. The second-order valence-electron chi connectivity index (χ2n) is 7.76. The predicted octanol–water partition coefficient (Wildman–Crippen LogP) is 3.15. The molecule has 0 aliphatic carbocycles. The molecule has 1 aliphatic heterocycles. The normalized spacial score (nSPS) is 16.7. The zero-order chi connectivity index (χ0) is 20.1. The van der Waals surface area contributed by atoms with Crippen molar-refractivity contribution in [2.24, 2.45) is 4.99 Å². The topological polar surface area (TPSA) is 76.4 Å². The summed E-state index contributed by atoms with van der Waals surface area (Å²) in [6, 6.07) is 8.26. The second-order valence-corrected chi connectivity index (χ2v) is 8.20. The van der Waals surface area contributed by atoms with E-state index >= 15 is 0 Å². The molecule has 1 aromatic carbocycles. The van der Waals surface area contributed by atoms with E-state index in [1.807, 2.05) is 22.9 Å². The summed E-state index contributed by atoms with van der Waals surface area (Å²) in [5.74, 6) is 2.56. The Morgan fingerprint density at radius 2 is 2.21 bits per heavy atom. The fraction of sp³-hybridized carbons (Fsp3) is 0.550. The largest absolute Gasteiger partial charge is 0.377 e. The molecule has 2 N–H and O–H groups in total. The Hall–Kier alpha value is -1.39. The van der Waals surface area contributed by atoms with Gasteiger partial charge in [0.2, 0.25) is 0 Å². The predicted molar refractivity (Wildman–Crippen MR) is 127 cm³/mol. The van der Waals surface area contributed by atoms with Gasteiger partial charge in [-0.1, -0.05) is 37.6 Å². The number of fused-ring (bicyclic) bond motifs is 1. The van der Waals surface area contributed by atoms with Crippen LogP contribution < -0.4 is 10.6 Å². The van der Waals surface area contributed by atoms with Crippen LogP contribution in [0, 0.1) is 0 Å². The third-order valence-corrected chi connectivity index (χ3v) is 5.28. The number of hydrogen-bond donors (Lipinski definition) is 2. The molecule has 0 saturated heterocycles. The third kappa shape index (κ3) is 6.29. The van der Waals surface area contributed by atoms with Gasteiger partial charge in [0, 0.05) is 43.6 Å². The van der Waals surface area contributed by atoms with E-state index in [2.05, 4.69) is 45.6 Å². The van der Waals surface area contributed by atoms with Crippen LogP contribution in [0.5, 0.6) is 0 Å². The molecule has 1 aliphatic rings. The van der Waals surface area contributed by atoms with Crippen molar-refractivity contribution in [1.29, 1.82) is 0 Å². The lowest BCUT2D eigenvalue weighted by Gasteiger charge is -2.29. The maximum Gasteiger partial charge on any atom is 0.191 e. The molecule has 2 heterocycles. The van der Waals surface area contributed by atoms with Crippen LogP contribution in [0.1, 0.15) is 37.5 Å². The highest BCUT2D eigenvalue weighted by Gasteiger charge is 2.24. The van der Waals surface area contributed by atoms with Gasteiger partial charge in [-0.05, 0) is 24.1 Å². The molecule has 0 fully saturated rings. The van der Waals surface area contributed by atoms with E-state index in [0.717, 1.165) is 48.6 Å². The maximum absolute atomic E-state index is 6.15. The first-order chi connectivity index (χ1) is 13.4. The standard InChI is InChI=1S/C20H29ClN6O.HI/c1-20(2,14-6-5-7-15(21)10-14)13-23-19(22-3)24-16-8-9-18-25-17(12-28-4)26-27(18)11-16;/h5-7,10,16H,8-9,11-13H2,1-4H3,(H2,22,23,24);1H. The molecule has 29 heavy (non-hydrogen) atoms. The minimum atomic E-state index is -0.0801. The summed E-state index contributed by atoms with van der Waals surface area (Å²) in [6.07, 6.45) is 1.88. The molecule has 9 heteroatoms. The molecule has 3 rings (SSSR count). The zero-order valence-corrected chi connectivity index (χ0v) is 20.5. The van der Waals surface area contributed by atoms with Gasteiger partial charge in [0.1, 0.15) is 12.4 Å². The van der Waals surface area contributed by atoms with Crippen molar-refractivity contribution in [3.8, 4) is 0 Å². The van der Waals surface area contributed by atoms with Crippen LogP contribution in [0.3, 0.4) is 0 Å². The number of nitrogens with zero attached hydrogens (tertiary/aromatic N) is 4. The number of guanidine groups is 1. The van der Waals surface area contributed by atoms with E-state index in [9.17, 15) is 0 Å². The molecule has 0 bridgehead atoms. The molecular formula is C20H30ClIN6O. The van der Waals surface area contributed by atoms with Gasteiger partial charge >= 0.3 is 0 Å². The average molecular weight is 533 g/mol.